The van der Waals surface area contributed by atoms with Gasteiger partial charge in [0, 0.05) is 17.4 Å². The zero-order chi connectivity index (χ0) is 14.7. The van der Waals surface area contributed by atoms with Gasteiger partial charge in [0.1, 0.15) is 5.90 Å². The molecule has 0 bridgehead atoms. The molecule has 2 N–H and O–H groups in total. The molecule has 10 heteroatoms. The largest absolute Gasteiger partial charge is 0.335 e. The van der Waals surface area contributed by atoms with E-state index < -0.39 is 25.8 Å². The molecule has 1 rings (SSSR count). The number of non-ortho nitro benzene ring substituents is 1. The lowest BCUT2D eigenvalue weighted by molar-refractivity contribution is -0.384. The van der Waals surface area contributed by atoms with Gasteiger partial charge in [0.2, 0.25) is 7.37 Å². The van der Waals surface area contributed by atoms with Crippen LogP contribution >= 0.6 is 15.0 Å². The highest BCUT2D eigenvalue weighted by atomic mass is 31.2. The van der Waals surface area contributed by atoms with Crippen molar-refractivity contribution in [1.29, 1.82) is 0 Å². The molecule has 19 heavy (non-hydrogen) atoms. The fraction of sp³-hybridized carbons (Fsp3) is 0.333. The number of hydrogen-bond donors (Lipinski definition) is 2. The molecule has 8 nitrogen and oxygen atoms in total. The van der Waals surface area contributed by atoms with Crippen LogP contribution in [0.4, 0.5) is 5.69 Å². The Morgan fingerprint density at radius 2 is 2.00 bits per heavy atom. The van der Waals surface area contributed by atoms with E-state index in [-0.39, 0.29) is 17.6 Å². The van der Waals surface area contributed by atoms with Crippen LogP contribution in [0, 0.1) is 10.1 Å². The fourth-order valence-corrected chi connectivity index (χ4v) is 5.59. The molecule has 0 aromatic heterocycles. The van der Waals surface area contributed by atoms with Crippen LogP contribution in [-0.2, 0) is 13.7 Å². The Hall–Kier alpha value is -1.04. The first-order valence-electron chi connectivity index (χ1n) is 5.21. The summed E-state index contributed by atoms with van der Waals surface area (Å²) in [6.45, 7) is 1.49. The maximum absolute atomic E-state index is 12.5. The quantitative estimate of drug-likeness (QED) is 0.465. The molecular formula is C9H13NO7P2. The van der Waals surface area contributed by atoms with E-state index in [0.29, 0.717) is 0 Å². The molecule has 0 spiro atoms. The topological polar surface area (TPSA) is 127 Å². The van der Waals surface area contributed by atoms with Crippen LogP contribution in [0.1, 0.15) is 6.92 Å². The Morgan fingerprint density at radius 1 is 1.37 bits per heavy atom. The average Bonchev–Trinajstić information content (AvgIpc) is 2.27. The van der Waals surface area contributed by atoms with E-state index in [1.807, 2.05) is 0 Å². The third-order valence-electron chi connectivity index (χ3n) is 2.14. The first kappa shape index (κ1) is 16.0. The minimum atomic E-state index is -4.58. The summed E-state index contributed by atoms with van der Waals surface area (Å²) in [5.74, 6) is -0.977. The van der Waals surface area contributed by atoms with E-state index in [9.17, 15) is 19.2 Å². The van der Waals surface area contributed by atoms with Crippen LogP contribution in [0.3, 0.4) is 0 Å². The number of nitrogens with zero attached hydrogens (tertiary/aromatic N) is 1. The van der Waals surface area contributed by atoms with Gasteiger partial charge < -0.3 is 14.3 Å². The van der Waals surface area contributed by atoms with Crippen molar-refractivity contribution in [2.24, 2.45) is 0 Å². The minimum Gasteiger partial charge on any atom is -0.325 e. The summed E-state index contributed by atoms with van der Waals surface area (Å²) < 4.78 is 28.5. The predicted molar refractivity (Wildman–Crippen MR) is 68.9 cm³/mol. The van der Waals surface area contributed by atoms with E-state index in [0.717, 1.165) is 6.07 Å². The third-order valence-corrected chi connectivity index (χ3v) is 6.85. The Balaban J connectivity index is 3.26. The lowest BCUT2D eigenvalue weighted by Crippen LogP contribution is -2.11. The zero-order valence-electron chi connectivity index (χ0n) is 10.0. The summed E-state index contributed by atoms with van der Waals surface area (Å²) in [7, 11) is -8.41. The van der Waals surface area contributed by atoms with Gasteiger partial charge in [0.15, 0.2) is 0 Å². The Bertz CT molecular complexity index is 567. The molecule has 1 atom stereocenters. The molecule has 0 saturated carbocycles. The predicted octanol–water partition coefficient (Wildman–Crippen LogP) is 1.67. The minimum absolute atomic E-state index is 0.0278. The molecule has 106 valence electrons. The van der Waals surface area contributed by atoms with Gasteiger partial charge in [-0.25, -0.2) is 0 Å². The first-order valence-corrected chi connectivity index (χ1v) is 8.82. The fourth-order valence-electron chi connectivity index (χ4n) is 1.47. The first-order chi connectivity index (χ1) is 8.68. The zero-order valence-corrected chi connectivity index (χ0v) is 11.8. The van der Waals surface area contributed by atoms with Crippen molar-refractivity contribution in [3.8, 4) is 0 Å². The van der Waals surface area contributed by atoms with Crippen molar-refractivity contribution in [1.82, 2.24) is 0 Å². The third kappa shape index (κ3) is 4.53. The monoisotopic (exact) mass is 309 g/mol. The summed E-state index contributed by atoms with van der Waals surface area (Å²) >= 11 is 0. The van der Waals surface area contributed by atoms with Crippen LogP contribution in [-0.4, -0.2) is 27.2 Å². The summed E-state index contributed by atoms with van der Waals surface area (Å²) in [6.07, 6.45) is 0. The van der Waals surface area contributed by atoms with Crippen molar-refractivity contribution < 1.29 is 28.4 Å². The molecule has 0 heterocycles. The number of nitro groups is 1. The van der Waals surface area contributed by atoms with Crippen LogP contribution in [0.5, 0.6) is 0 Å². The van der Waals surface area contributed by atoms with Crippen molar-refractivity contribution in [3.63, 3.8) is 0 Å². The highest BCUT2D eigenvalue weighted by molar-refractivity contribution is 7.77. The van der Waals surface area contributed by atoms with E-state index >= 15 is 0 Å². The molecule has 0 amide bonds. The van der Waals surface area contributed by atoms with Gasteiger partial charge in [-0.05, 0) is 13.0 Å². The molecule has 0 radical (unpaired) electrons. The highest BCUT2D eigenvalue weighted by Gasteiger charge is 2.35. The number of rotatable bonds is 6. The van der Waals surface area contributed by atoms with Crippen molar-refractivity contribution in [2.45, 2.75) is 6.92 Å². The molecule has 0 aliphatic heterocycles. The van der Waals surface area contributed by atoms with E-state index in [1.54, 1.807) is 0 Å². The molecule has 1 aromatic carbocycles. The number of benzene rings is 1. The standard InChI is InChI=1S/C9H13NO7P2/c1-2-17-18(13,7-19(14,15)16)9-5-3-4-8(6-9)10(11)12/h3-6H,2,7H2,1H3,(H2,14,15,16). The Kier molecular flexibility index (Phi) is 5.01. The van der Waals surface area contributed by atoms with Gasteiger partial charge in [-0.15, -0.1) is 0 Å². The number of hydrogen-bond acceptors (Lipinski definition) is 5. The maximum atomic E-state index is 12.5. The summed E-state index contributed by atoms with van der Waals surface area (Å²) in [5.41, 5.74) is -0.317. The van der Waals surface area contributed by atoms with Gasteiger partial charge in [0.05, 0.1) is 11.5 Å². The van der Waals surface area contributed by atoms with Gasteiger partial charge in [0.25, 0.3) is 5.69 Å². The van der Waals surface area contributed by atoms with E-state index in [2.05, 4.69) is 0 Å². The lowest BCUT2D eigenvalue weighted by Gasteiger charge is -2.18. The summed E-state index contributed by atoms with van der Waals surface area (Å²) in [5, 5.41) is 10.6. The maximum Gasteiger partial charge on any atom is 0.335 e. The molecule has 0 saturated heterocycles. The van der Waals surface area contributed by atoms with E-state index in [4.69, 9.17) is 14.3 Å². The molecular weight excluding hydrogens is 296 g/mol. The molecule has 0 fully saturated rings. The van der Waals surface area contributed by atoms with Gasteiger partial charge in [-0.1, -0.05) is 6.07 Å². The van der Waals surface area contributed by atoms with Crippen LogP contribution in [0.25, 0.3) is 0 Å². The van der Waals surface area contributed by atoms with Gasteiger partial charge >= 0.3 is 7.60 Å². The molecule has 1 aromatic rings. The smallest absolute Gasteiger partial charge is 0.325 e. The average molecular weight is 309 g/mol. The van der Waals surface area contributed by atoms with Crippen LogP contribution < -0.4 is 5.30 Å². The lowest BCUT2D eigenvalue weighted by atomic mass is 10.3. The van der Waals surface area contributed by atoms with Crippen molar-refractivity contribution in [3.05, 3.63) is 34.4 Å². The normalized spacial score (nSPS) is 14.9. The highest BCUT2D eigenvalue weighted by Crippen LogP contribution is 2.57. The second kappa shape index (κ2) is 5.94. The summed E-state index contributed by atoms with van der Waals surface area (Å²) in [6, 6.07) is 4.78. The summed E-state index contributed by atoms with van der Waals surface area (Å²) in [4.78, 5) is 27.9. The van der Waals surface area contributed by atoms with Gasteiger partial charge in [-0.2, -0.15) is 0 Å². The Labute approximate surface area is 109 Å². The van der Waals surface area contributed by atoms with Gasteiger partial charge in [-0.3, -0.25) is 19.2 Å². The number of nitro benzene ring substituents is 1. The van der Waals surface area contributed by atoms with Crippen LogP contribution in [0.2, 0.25) is 0 Å². The molecule has 0 aliphatic rings. The second-order valence-electron chi connectivity index (χ2n) is 3.67. The van der Waals surface area contributed by atoms with E-state index in [1.165, 1.54) is 25.1 Å². The van der Waals surface area contributed by atoms with Crippen LogP contribution in [0.15, 0.2) is 24.3 Å². The van der Waals surface area contributed by atoms with Crippen molar-refractivity contribution in [2.75, 3.05) is 12.5 Å². The Morgan fingerprint density at radius 3 is 2.47 bits per heavy atom. The SMILES string of the molecule is CCOP(=O)(CP(=O)(O)O)c1cccc([N+](=O)[O-])c1. The second-order valence-corrected chi connectivity index (χ2v) is 8.26. The van der Waals surface area contributed by atoms with Crippen molar-refractivity contribution >= 4 is 26.0 Å². The molecule has 1 unspecified atom stereocenters. The molecule has 0 aliphatic carbocycles.